The Bertz CT molecular complexity index is 578. The van der Waals surface area contributed by atoms with Crippen LogP contribution < -0.4 is 5.32 Å². The predicted octanol–water partition coefficient (Wildman–Crippen LogP) is 1.30. The molecule has 2 rings (SSSR count). The molecule has 4 nitrogen and oxygen atoms in total. The second-order valence-corrected chi connectivity index (χ2v) is 6.27. The average Bonchev–Trinajstić information content (AvgIpc) is 2.61. The zero-order valence-corrected chi connectivity index (χ0v) is 9.80. The molecule has 1 heterocycles. The van der Waals surface area contributed by atoms with Gasteiger partial charge in [-0.15, -0.1) is 0 Å². The molecule has 1 saturated heterocycles. The van der Waals surface area contributed by atoms with E-state index in [0.29, 0.717) is 12.1 Å². The van der Waals surface area contributed by atoms with Crippen molar-refractivity contribution in [2.75, 3.05) is 16.8 Å². The number of rotatable bonds is 2. The Morgan fingerprint density at radius 1 is 1.47 bits per heavy atom. The van der Waals surface area contributed by atoms with Crippen LogP contribution in [0.1, 0.15) is 12.0 Å². The first kappa shape index (κ1) is 11.9. The van der Waals surface area contributed by atoms with E-state index in [9.17, 15) is 12.8 Å². The first-order valence-corrected chi connectivity index (χ1v) is 6.99. The number of hydrogen-bond donors (Lipinski definition) is 1. The van der Waals surface area contributed by atoms with E-state index in [1.807, 2.05) is 6.07 Å². The Labute approximate surface area is 99.0 Å². The summed E-state index contributed by atoms with van der Waals surface area (Å²) in [5.41, 5.74) is 0.672. The number of sulfone groups is 1. The van der Waals surface area contributed by atoms with Crippen LogP contribution in [0.2, 0.25) is 0 Å². The summed E-state index contributed by atoms with van der Waals surface area (Å²) in [5, 5.41) is 11.8. The molecule has 1 fully saturated rings. The molecular formula is C11H11FN2O2S. The molecule has 0 aromatic heterocycles. The van der Waals surface area contributed by atoms with Crippen molar-refractivity contribution in [3.05, 3.63) is 29.6 Å². The standard InChI is InChI=1S/C11H11FN2O2S/c12-9-1-2-11(8(5-9)6-13)14-10-3-4-17(15,16)7-10/h1-2,5,10,14H,3-4,7H2. The molecule has 90 valence electrons. The molecule has 17 heavy (non-hydrogen) atoms. The highest BCUT2D eigenvalue weighted by atomic mass is 32.2. The lowest BCUT2D eigenvalue weighted by Gasteiger charge is -2.13. The van der Waals surface area contributed by atoms with E-state index < -0.39 is 15.7 Å². The van der Waals surface area contributed by atoms with E-state index in [1.165, 1.54) is 12.1 Å². The van der Waals surface area contributed by atoms with Crippen LogP contribution in [0, 0.1) is 17.1 Å². The van der Waals surface area contributed by atoms with Crippen molar-refractivity contribution >= 4 is 15.5 Å². The van der Waals surface area contributed by atoms with Crippen molar-refractivity contribution in [3.63, 3.8) is 0 Å². The molecule has 1 aromatic carbocycles. The maximum absolute atomic E-state index is 12.9. The zero-order chi connectivity index (χ0) is 12.5. The Kier molecular flexibility index (Phi) is 3.03. The van der Waals surface area contributed by atoms with Gasteiger partial charge in [0.2, 0.25) is 0 Å². The third kappa shape index (κ3) is 2.74. The van der Waals surface area contributed by atoms with Crippen molar-refractivity contribution in [2.45, 2.75) is 12.5 Å². The zero-order valence-electron chi connectivity index (χ0n) is 8.98. The van der Waals surface area contributed by atoms with Crippen LogP contribution in [0.4, 0.5) is 10.1 Å². The highest BCUT2D eigenvalue weighted by Gasteiger charge is 2.28. The fourth-order valence-corrected chi connectivity index (χ4v) is 3.54. The largest absolute Gasteiger partial charge is 0.380 e. The van der Waals surface area contributed by atoms with Gasteiger partial charge in [0.1, 0.15) is 11.9 Å². The van der Waals surface area contributed by atoms with Crippen LogP contribution in [0.25, 0.3) is 0 Å². The summed E-state index contributed by atoms with van der Waals surface area (Å²) in [6.45, 7) is 0. The van der Waals surface area contributed by atoms with Crippen LogP contribution in [0.15, 0.2) is 18.2 Å². The maximum Gasteiger partial charge on any atom is 0.152 e. The van der Waals surface area contributed by atoms with Crippen molar-refractivity contribution in [1.29, 1.82) is 5.26 Å². The summed E-state index contributed by atoms with van der Waals surface area (Å²) in [4.78, 5) is 0. The lowest BCUT2D eigenvalue weighted by atomic mass is 10.1. The fourth-order valence-electron chi connectivity index (χ4n) is 1.86. The highest BCUT2D eigenvalue weighted by molar-refractivity contribution is 7.91. The molecule has 1 N–H and O–H groups in total. The molecule has 1 aliphatic heterocycles. The molecular weight excluding hydrogens is 243 g/mol. The van der Waals surface area contributed by atoms with Gasteiger partial charge in [-0.3, -0.25) is 0 Å². The van der Waals surface area contributed by atoms with Gasteiger partial charge in [-0.2, -0.15) is 5.26 Å². The normalized spacial score (nSPS) is 22.0. The number of nitrogens with one attached hydrogen (secondary N) is 1. The van der Waals surface area contributed by atoms with Crippen LogP contribution in [-0.2, 0) is 9.84 Å². The fraction of sp³-hybridized carbons (Fsp3) is 0.364. The number of hydrogen-bond acceptors (Lipinski definition) is 4. The minimum Gasteiger partial charge on any atom is -0.380 e. The predicted molar refractivity (Wildman–Crippen MR) is 61.8 cm³/mol. The van der Waals surface area contributed by atoms with Gasteiger partial charge in [-0.05, 0) is 24.6 Å². The number of nitrogens with zero attached hydrogens (tertiary/aromatic N) is 1. The smallest absolute Gasteiger partial charge is 0.152 e. The quantitative estimate of drug-likeness (QED) is 0.863. The molecule has 0 aliphatic carbocycles. The summed E-state index contributed by atoms with van der Waals surface area (Å²) >= 11 is 0. The van der Waals surface area contributed by atoms with Gasteiger partial charge in [-0.25, -0.2) is 12.8 Å². The van der Waals surface area contributed by atoms with Gasteiger partial charge in [0.05, 0.1) is 22.8 Å². The number of anilines is 1. The Morgan fingerprint density at radius 3 is 2.82 bits per heavy atom. The minimum absolute atomic E-state index is 0.0647. The summed E-state index contributed by atoms with van der Waals surface area (Å²) < 4.78 is 35.4. The van der Waals surface area contributed by atoms with Crippen LogP contribution >= 0.6 is 0 Å². The second-order valence-electron chi connectivity index (χ2n) is 4.05. The van der Waals surface area contributed by atoms with Crippen molar-refractivity contribution < 1.29 is 12.8 Å². The second kappa shape index (κ2) is 4.34. The third-order valence-electron chi connectivity index (χ3n) is 2.69. The lowest BCUT2D eigenvalue weighted by Crippen LogP contribution is -2.21. The van der Waals surface area contributed by atoms with Gasteiger partial charge in [0.25, 0.3) is 0 Å². The van der Waals surface area contributed by atoms with Gasteiger partial charge in [0.15, 0.2) is 9.84 Å². The van der Waals surface area contributed by atoms with Gasteiger partial charge >= 0.3 is 0 Å². The summed E-state index contributed by atoms with van der Waals surface area (Å²) in [6.07, 6.45) is 0.518. The molecule has 1 atom stereocenters. The molecule has 0 radical (unpaired) electrons. The van der Waals surface area contributed by atoms with Crippen molar-refractivity contribution in [3.8, 4) is 6.07 Å². The minimum atomic E-state index is -2.96. The topological polar surface area (TPSA) is 70.0 Å². The van der Waals surface area contributed by atoms with E-state index in [1.54, 1.807) is 0 Å². The molecule has 1 aromatic rings. The van der Waals surface area contributed by atoms with E-state index >= 15 is 0 Å². The third-order valence-corrected chi connectivity index (χ3v) is 4.46. The van der Waals surface area contributed by atoms with Crippen LogP contribution in [-0.4, -0.2) is 26.0 Å². The summed E-state index contributed by atoms with van der Waals surface area (Å²) in [6, 6.07) is 5.51. The van der Waals surface area contributed by atoms with E-state index in [4.69, 9.17) is 5.26 Å². The van der Waals surface area contributed by atoms with Gasteiger partial charge < -0.3 is 5.32 Å². The molecule has 0 bridgehead atoms. The number of halogens is 1. The summed E-state index contributed by atoms with van der Waals surface area (Å²) in [7, 11) is -2.96. The molecule has 0 amide bonds. The average molecular weight is 254 g/mol. The number of nitriles is 1. The Morgan fingerprint density at radius 2 is 2.24 bits per heavy atom. The monoisotopic (exact) mass is 254 g/mol. The Balaban J connectivity index is 2.18. The van der Waals surface area contributed by atoms with Crippen molar-refractivity contribution in [2.24, 2.45) is 0 Å². The van der Waals surface area contributed by atoms with Gasteiger partial charge in [0, 0.05) is 6.04 Å². The van der Waals surface area contributed by atoms with Crippen LogP contribution in [0.5, 0.6) is 0 Å². The highest BCUT2D eigenvalue weighted by Crippen LogP contribution is 2.21. The molecule has 6 heteroatoms. The summed E-state index contributed by atoms with van der Waals surface area (Å²) in [5.74, 6) is -0.255. The van der Waals surface area contributed by atoms with Crippen LogP contribution in [0.3, 0.4) is 0 Å². The van der Waals surface area contributed by atoms with E-state index in [-0.39, 0.29) is 23.1 Å². The molecule has 0 spiro atoms. The SMILES string of the molecule is N#Cc1cc(F)ccc1NC1CCS(=O)(=O)C1. The first-order chi connectivity index (χ1) is 8.00. The first-order valence-electron chi connectivity index (χ1n) is 5.17. The number of benzene rings is 1. The maximum atomic E-state index is 12.9. The molecule has 0 saturated carbocycles. The molecule has 1 aliphatic rings. The van der Waals surface area contributed by atoms with E-state index in [2.05, 4.69) is 5.32 Å². The van der Waals surface area contributed by atoms with E-state index in [0.717, 1.165) is 6.07 Å². The molecule has 1 unspecified atom stereocenters. The Hall–Kier alpha value is -1.61. The lowest BCUT2D eigenvalue weighted by molar-refractivity contribution is 0.602. The van der Waals surface area contributed by atoms with Crippen molar-refractivity contribution in [1.82, 2.24) is 0 Å². The van der Waals surface area contributed by atoms with Gasteiger partial charge in [-0.1, -0.05) is 0 Å².